The first kappa shape index (κ1) is 13.8. The van der Waals surface area contributed by atoms with Gasteiger partial charge in [0.05, 0.1) is 11.6 Å². The van der Waals surface area contributed by atoms with Crippen molar-refractivity contribution < 1.29 is 5.11 Å². The molecule has 1 heterocycles. The molecular weight excluding hydrogens is 286 g/mol. The van der Waals surface area contributed by atoms with Crippen LogP contribution in [-0.4, -0.2) is 21.6 Å². The Bertz CT molecular complexity index is 741. The summed E-state index contributed by atoms with van der Waals surface area (Å²) in [4.78, 5) is 8.44. The Morgan fingerprint density at radius 1 is 1.05 bits per heavy atom. The maximum absolute atomic E-state index is 10.2. The summed E-state index contributed by atoms with van der Waals surface area (Å²) in [5, 5.41) is 14.9. The first-order valence-electron chi connectivity index (χ1n) is 6.61. The van der Waals surface area contributed by atoms with Crippen LogP contribution in [0, 0.1) is 0 Å². The first-order chi connectivity index (χ1) is 10.2. The topological polar surface area (TPSA) is 58.0 Å². The number of nitrogens with zero attached hydrogens (tertiary/aromatic N) is 2. The molecule has 0 saturated heterocycles. The minimum Gasteiger partial charge on any atom is -0.387 e. The summed E-state index contributed by atoms with van der Waals surface area (Å²) in [7, 11) is 0. The lowest BCUT2D eigenvalue weighted by Crippen LogP contribution is -2.13. The van der Waals surface area contributed by atoms with Crippen LogP contribution in [0.5, 0.6) is 0 Å². The summed E-state index contributed by atoms with van der Waals surface area (Å²) in [6, 6.07) is 14.9. The van der Waals surface area contributed by atoms with Crippen molar-refractivity contribution in [2.75, 3.05) is 11.9 Å². The second-order valence-electron chi connectivity index (χ2n) is 4.69. The molecule has 0 aliphatic rings. The summed E-state index contributed by atoms with van der Waals surface area (Å²) in [6.45, 7) is 0.364. The molecule has 3 aromatic rings. The maximum Gasteiger partial charge on any atom is 0.137 e. The predicted molar refractivity (Wildman–Crippen MR) is 84.4 cm³/mol. The fourth-order valence-electron chi connectivity index (χ4n) is 2.14. The van der Waals surface area contributed by atoms with Gasteiger partial charge in [0.25, 0.3) is 0 Å². The number of rotatable bonds is 4. The normalized spacial score (nSPS) is 12.3. The largest absolute Gasteiger partial charge is 0.387 e. The molecule has 0 aliphatic heterocycles. The number of hydrogen-bond donors (Lipinski definition) is 2. The van der Waals surface area contributed by atoms with E-state index in [4.69, 9.17) is 11.6 Å². The Morgan fingerprint density at radius 2 is 1.81 bits per heavy atom. The second-order valence-corrected chi connectivity index (χ2v) is 5.12. The smallest absolute Gasteiger partial charge is 0.137 e. The van der Waals surface area contributed by atoms with Crippen LogP contribution in [-0.2, 0) is 0 Å². The number of fused-ring (bicyclic) bond motifs is 1. The van der Waals surface area contributed by atoms with Crippen molar-refractivity contribution in [1.29, 1.82) is 0 Å². The number of halogens is 1. The highest BCUT2D eigenvalue weighted by Gasteiger charge is 2.09. The van der Waals surface area contributed by atoms with Gasteiger partial charge in [-0.3, -0.25) is 0 Å². The standard InChI is InChI=1S/C16H14ClN3O/c17-12-7-5-11(6-8-12)15(21)9-18-16-13-3-1-2-4-14(13)19-10-20-16/h1-8,10,15,21H,9H2,(H,18,19,20). The number of nitrogens with one attached hydrogen (secondary N) is 1. The molecule has 2 N–H and O–H groups in total. The Morgan fingerprint density at radius 3 is 2.62 bits per heavy atom. The molecule has 0 spiro atoms. The van der Waals surface area contributed by atoms with E-state index in [9.17, 15) is 5.11 Å². The third-order valence-corrected chi connectivity index (χ3v) is 3.51. The molecular formula is C16H14ClN3O. The number of benzene rings is 2. The van der Waals surface area contributed by atoms with Crippen LogP contribution < -0.4 is 5.32 Å². The van der Waals surface area contributed by atoms with Crippen LogP contribution in [0.25, 0.3) is 10.9 Å². The van der Waals surface area contributed by atoms with E-state index in [0.717, 1.165) is 16.5 Å². The molecule has 21 heavy (non-hydrogen) atoms. The van der Waals surface area contributed by atoms with Gasteiger partial charge in [-0.05, 0) is 29.8 Å². The Labute approximate surface area is 127 Å². The van der Waals surface area contributed by atoms with Crippen LogP contribution in [0.4, 0.5) is 5.82 Å². The molecule has 2 aromatic carbocycles. The fraction of sp³-hybridized carbons (Fsp3) is 0.125. The van der Waals surface area contributed by atoms with E-state index in [1.165, 1.54) is 6.33 Å². The van der Waals surface area contributed by atoms with Gasteiger partial charge in [-0.25, -0.2) is 9.97 Å². The Hall–Kier alpha value is -2.17. The van der Waals surface area contributed by atoms with Crippen molar-refractivity contribution in [3.05, 3.63) is 65.4 Å². The van der Waals surface area contributed by atoms with Gasteiger partial charge in [0.2, 0.25) is 0 Å². The van der Waals surface area contributed by atoms with Gasteiger partial charge in [-0.15, -0.1) is 0 Å². The van der Waals surface area contributed by atoms with Gasteiger partial charge >= 0.3 is 0 Å². The summed E-state index contributed by atoms with van der Waals surface area (Å²) < 4.78 is 0. The van der Waals surface area contributed by atoms with Gasteiger partial charge in [0, 0.05) is 17.0 Å². The zero-order chi connectivity index (χ0) is 14.7. The summed E-state index contributed by atoms with van der Waals surface area (Å²) in [6.07, 6.45) is 0.885. The third-order valence-electron chi connectivity index (χ3n) is 3.26. The van der Waals surface area contributed by atoms with E-state index >= 15 is 0 Å². The molecule has 1 aromatic heterocycles. The van der Waals surface area contributed by atoms with Crippen LogP contribution in [0.15, 0.2) is 54.9 Å². The van der Waals surface area contributed by atoms with E-state index in [1.807, 2.05) is 36.4 Å². The molecule has 0 bridgehead atoms. The molecule has 0 fully saturated rings. The molecule has 106 valence electrons. The fourth-order valence-corrected chi connectivity index (χ4v) is 2.27. The third kappa shape index (κ3) is 3.12. The number of aliphatic hydroxyl groups is 1. The number of para-hydroxylation sites is 1. The second kappa shape index (κ2) is 6.08. The highest BCUT2D eigenvalue weighted by atomic mass is 35.5. The molecule has 4 nitrogen and oxygen atoms in total. The summed E-state index contributed by atoms with van der Waals surface area (Å²) in [5.74, 6) is 0.716. The van der Waals surface area contributed by atoms with Crippen LogP contribution in [0.2, 0.25) is 5.02 Å². The first-order valence-corrected chi connectivity index (χ1v) is 6.99. The molecule has 5 heteroatoms. The van der Waals surface area contributed by atoms with Gasteiger partial charge in [0.15, 0.2) is 0 Å². The van der Waals surface area contributed by atoms with Crippen molar-refractivity contribution in [2.24, 2.45) is 0 Å². The molecule has 0 radical (unpaired) electrons. The minimum atomic E-state index is -0.629. The van der Waals surface area contributed by atoms with Crippen molar-refractivity contribution >= 4 is 28.3 Å². The number of anilines is 1. The average molecular weight is 300 g/mol. The molecule has 0 aliphatic carbocycles. The van der Waals surface area contributed by atoms with Gasteiger partial charge in [-0.1, -0.05) is 35.9 Å². The van der Waals surface area contributed by atoms with E-state index in [-0.39, 0.29) is 0 Å². The lowest BCUT2D eigenvalue weighted by molar-refractivity contribution is 0.191. The van der Waals surface area contributed by atoms with Gasteiger partial charge in [0.1, 0.15) is 12.1 Å². The van der Waals surface area contributed by atoms with Crippen LogP contribution in [0.1, 0.15) is 11.7 Å². The summed E-state index contributed by atoms with van der Waals surface area (Å²) in [5.41, 5.74) is 1.68. The van der Waals surface area contributed by atoms with Crippen molar-refractivity contribution in [3.8, 4) is 0 Å². The van der Waals surface area contributed by atoms with E-state index in [0.29, 0.717) is 17.4 Å². The van der Waals surface area contributed by atoms with Crippen molar-refractivity contribution in [2.45, 2.75) is 6.10 Å². The van der Waals surface area contributed by atoms with Crippen molar-refractivity contribution in [1.82, 2.24) is 9.97 Å². The summed E-state index contributed by atoms with van der Waals surface area (Å²) >= 11 is 5.84. The van der Waals surface area contributed by atoms with E-state index < -0.39 is 6.10 Å². The van der Waals surface area contributed by atoms with Gasteiger partial charge in [-0.2, -0.15) is 0 Å². The average Bonchev–Trinajstić information content (AvgIpc) is 2.53. The highest BCUT2D eigenvalue weighted by molar-refractivity contribution is 6.30. The number of aromatic nitrogens is 2. The molecule has 3 rings (SSSR count). The molecule has 0 saturated carbocycles. The number of aliphatic hydroxyl groups excluding tert-OH is 1. The molecule has 0 amide bonds. The molecule has 1 unspecified atom stereocenters. The zero-order valence-corrected chi connectivity index (χ0v) is 12.0. The lowest BCUT2D eigenvalue weighted by atomic mass is 10.1. The van der Waals surface area contributed by atoms with Crippen LogP contribution >= 0.6 is 11.6 Å². The SMILES string of the molecule is OC(CNc1ncnc2ccccc12)c1ccc(Cl)cc1. The van der Waals surface area contributed by atoms with Crippen LogP contribution in [0.3, 0.4) is 0 Å². The maximum atomic E-state index is 10.2. The Balaban J connectivity index is 1.76. The minimum absolute atomic E-state index is 0.364. The zero-order valence-electron chi connectivity index (χ0n) is 11.2. The van der Waals surface area contributed by atoms with E-state index in [1.54, 1.807) is 12.1 Å². The van der Waals surface area contributed by atoms with Crippen molar-refractivity contribution in [3.63, 3.8) is 0 Å². The number of hydrogen-bond acceptors (Lipinski definition) is 4. The Kier molecular flexibility index (Phi) is 3.99. The quantitative estimate of drug-likeness (QED) is 0.775. The monoisotopic (exact) mass is 299 g/mol. The highest BCUT2D eigenvalue weighted by Crippen LogP contribution is 2.21. The molecule has 1 atom stereocenters. The lowest BCUT2D eigenvalue weighted by Gasteiger charge is -2.13. The van der Waals surface area contributed by atoms with E-state index in [2.05, 4.69) is 15.3 Å². The van der Waals surface area contributed by atoms with Gasteiger partial charge < -0.3 is 10.4 Å². The predicted octanol–water partition coefficient (Wildman–Crippen LogP) is 3.43.